The number of ether oxygens (including phenoxy) is 1. The molecule has 0 saturated heterocycles. The number of aryl methyl sites for hydroxylation is 1. The van der Waals surface area contributed by atoms with Crippen molar-refractivity contribution in [2.45, 2.75) is 11.8 Å². The van der Waals surface area contributed by atoms with Crippen molar-refractivity contribution in [3.8, 4) is 5.75 Å². The molecule has 6 nitrogen and oxygen atoms in total. The van der Waals surface area contributed by atoms with Crippen molar-refractivity contribution in [3.63, 3.8) is 0 Å². The van der Waals surface area contributed by atoms with Gasteiger partial charge in [-0.2, -0.15) is 0 Å². The highest BCUT2D eigenvalue weighted by Gasteiger charge is 2.16. The van der Waals surface area contributed by atoms with Gasteiger partial charge in [0.15, 0.2) is 6.61 Å². The lowest BCUT2D eigenvalue weighted by molar-refractivity contribution is -0.118. The van der Waals surface area contributed by atoms with Crippen LogP contribution >= 0.6 is 11.6 Å². The van der Waals surface area contributed by atoms with Crippen molar-refractivity contribution < 1.29 is 22.3 Å². The van der Waals surface area contributed by atoms with Gasteiger partial charge in [-0.3, -0.25) is 9.52 Å². The summed E-state index contributed by atoms with van der Waals surface area (Å²) < 4.78 is 46.2. The van der Waals surface area contributed by atoms with E-state index in [4.69, 9.17) is 16.3 Å². The van der Waals surface area contributed by atoms with Gasteiger partial charge < -0.3 is 10.1 Å². The van der Waals surface area contributed by atoms with E-state index in [0.29, 0.717) is 27.7 Å². The lowest BCUT2D eigenvalue weighted by atomic mass is 10.2. The SMILES string of the molecule is Cc1cc(S(=O)(=O)Nc2ccc(Cl)cc2)ccc1OCC(=O)Nc1cccc(F)c1. The number of halogens is 2. The fraction of sp³-hybridized carbons (Fsp3) is 0.0952. The van der Waals surface area contributed by atoms with Crippen molar-refractivity contribution in [1.29, 1.82) is 0 Å². The fourth-order valence-corrected chi connectivity index (χ4v) is 3.86. The molecule has 30 heavy (non-hydrogen) atoms. The van der Waals surface area contributed by atoms with Crippen LogP contribution in [0.2, 0.25) is 5.02 Å². The van der Waals surface area contributed by atoms with Gasteiger partial charge in [0.05, 0.1) is 4.90 Å². The number of rotatable bonds is 7. The van der Waals surface area contributed by atoms with Gasteiger partial charge in [0.2, 0.25) is 0 Å². The molecular formula is C21H18ClFN2O4S. The van der Waals surface area contributed by atoms with Crippen LogP contribution in [0.15, 0.2) is 71.6 Å². The second kappa shape index (κ2) is 9.15. The minimum atomic E-state index is -3.80. The molecule has 156 valence electrons. The maximum absolute atomic E-state index is 13.2. The Labute approximate surface area is 178 Å². The number of nitrogens with one attached hydrogen (secondary N) is 2. The summed E-state index contributed by atoms with van der Waals surface area (Å²) in [5.41, 5.74) is 1.23. The van der Waals surface area contributed by atoms with Crippen LogP contribution in [0.5, 0.6) is 5.75 Å². The van der Waals surface area contributed by atoms with Gasteiger partial charge in [0, 0.05) is 16.4 Å². The van der Waals surface area contributed by atoms with Crippen LogP contribution in [-0.4, -0.2) is 20.9 Å². The first kappa shape index (κ1) is 21.6. The molecule has 3 aromatic carbocycles. The van der Waals surface area contributed by atoms with Crippen molar-refractivity contribution in [2.75, 3.05) is 16.6 Å². The molecule has 0 bridgehead atoms. The molecule has 0 heterocycles. The van der Waals surface area contributed by atoms with E-state index in [1.165, 1.54) is 36.4 Å². The van der Waals surface area contributed by atoms with Crippen LogP contribution in [-0.2, 0) is 14.8 Å². The number of sulfonamides is 1. The molecule has 3 rings (SSSR count). The van der Waals surface area contributed by atoms with Gasteiger partial charge in [0.25, 0.3) is 15.9 Å². The van der Waals surface area contributed by atoms with E-state index in [-0.39, 0.29) is 11.5 Å². The summed E-state index contributed by atoms with van der Waals surface area (Å²) in [4.78, 5) is 12.0. The molecule has 0 saturated carbocycles. The van der Waals surface area contributed by atoms with E-state index in [0.717, 1.165) is 0 Å². The molecule has 0 unspecified atom stereocenters. The van der Waals surface area contributed by atoms with Gasteiger partial charge in [0.1, 0.15) is 11.6 Å². The molecule has 3 aromatic rings. The molecule has 1 amide bonds. The zero-order chi connectivity index (χ0) is 21.7. The summed E-state index contributed by atoms with van der Waals surface area (Å²) in [6.07, 6.45) is 0. The predicted molar refractivity (Wildman–Crippen MR) is 114 cm³/mol. The van der Waals surface area contributed by atoms with Crippen LogP contribution < -0.4 is 14.8 Å². The van der Waals surface area contributed by atoms with Gasteiger partial charge in [-0.1, -0.05) is 17.7 Å². The summed E-state index contributed by atoms with van der Waals surface area (Å²) in [7, 11) is -3.80. The topological polar surface area (TPSA) is 84.5 Å². The molecule has 2 N–H and O–H groups in total. The smallest absolute Gasteiger partial charge is 0.262 e. The summed E-state index contributed by atoms with van der Waals surface area (Å²) in [5, 5.41) is 3.02. The van der Waals surface area contributed by atoms with E-state index in [1.54, 1.807) is 37.3 Å². The first-order valence-electron chi connectivity index (χ1n) is 8.80. The highest BCUT2D eigenvalue weighted by atomic mass is 35.5. The number of amides is 1. The standard InChI is InChI=1S/C21H18ClFN2O4S/c1-14-11-19(30(27,28)25-17-7-5-15(22)6-8-17)9-10-20(14)29-13-21(26)24-18-4-2-3-16(23)12-18/h2-12,25H,13H2,1H3,(H,24,26). The lowest BCUT2D eigenvalue weighted by Crippen LogP contribution is -2.20. The Hall–Kier alpha value is -3.10. The summed E-state index contributed by atoms with van der Waals surface area (Å²) in [6, 6.07) is 16.1. The Balaban J connectivity index is 1.64. The normalized spacial score (nSPS) is 11.0. The van der Waals surface area contributed by atoms with E-state index in [9.17, 15) is 17.6 Å². The Kier molecular flexibility index (Phi) is 6.59. The second-order valence-electron chi connectivity index (χ2n) is 6.39. The maximum Gasteiger partial charge on any atom is 0.262 e. The molecule has 0 aliphatic rings. The zero-order valence-electron chi connectivity index (χ0n) is 15.9. The van der Waals surface area contributed by atoms with Gasteiger partial charge >= 0.3 is 0 Å². The monoisotopic (exact) mass is 448 g/mol. The highest BCUT2D eigenvalue weighted by Crippen LogP contribution is 2.24. The average molecular weight is 449 g/mol. The van der Waals surface area contributed by atoms with E-state index < -0.39 is 21.7 Å². The number of carbonyl (C=O) groups excluding carboxylic acids is 1. The number of hydrogen-bond acceptors (Lipinski definition) is 4. The minimum Gasteiger partial charge on any atom is -0.483 e. The Morgan fingerprint density at radius 2 is 1.77 bits per heavy atom. The molecule has 0 radical (unpaired) electrons. The number of anilines is 2. The van der Waals surface area contributed by atoms with Gasteiger partial charge in [-0.15, -0.1) is 0 Å². The maximum atomic E-state index is 13.2. The van der Waals surface area contributed by atoms with Gasteiger partial charge in [-0.05, 0) is 73.2 Å². The molecule has 0 atom stereocenters. The van der Waals surface area contributed by atoms with Crippen molar-refractivity contribution in [1.82, 2.24) is 0 Å². The van der Waals surface area contributed by atoms with Crippen molar-refractivity contribution in [2.24, 2.45) is 0 Å². The predicted octanol–water partition coefficient (Wildman–Crippen LogP) is 4.61. The largest absolute Gasteiger partial charge is 0.483 e. The van der Waals surface area contributed by atoms with Crippen LogP contribution in [0.3, 0.4) is 0 Å². The molecule has 9 heteroatoms. The Morgan fingerprint density at radius 1 is 1.03 bits per heavy atom. The number of carbonyl (C=O) groups is 1. The Bertz CT molecular complexity index is 1170. The molecular weight excluding hydrogens is 431 g/mol. The summed E-state index contributed by atoms with van der Waals surface area (Å²) >= 11 is 5.81. The van der Waals surface area contributed by atoms with E-state index in [1.807, 2.05) is 0 Å². The minimum absolute atomic E-state index is 0.0477. The lowest BCUT2D eigenvalue weighted by Gasteiger charge is -2.12. The third-order valence-electron chi connectivity index (χ3n) is 4.02. The van der Waals surface area contributed by atoms with Crippen LogP contribution in [0, 0.1) is 12.7 Å². The molecule has 0 aliphatic heterocycles. The quantitative estimate of drug-likeness (QED) is 0.553. The zero-order valence-corrected chi connectivity index (χ0v) is 17.4. The first-order chi connectivity index (χ1) is 14.2. The third kappa shape index (κ3) is 5.71. The molecule has 0 aromatic heterocycles. The second-order valence-corrected chi connectivity index (χ2v) is 8.51. The van der Waals surface area contributed by atoms with Crippen LogP contribution in [0.25, 0.3) is 0 Å². The third-order valence-corrected chi connectivity index (χ3v) is 5.65. The average Bonchev–Trinajstić information content (AvgIpc) is 2.68. The fourth-order valence-electron chi connectivity index (χ4n) is 2.59. The number of benzene rings is 3. The molecule has 0 spiro atoms. The molecule has 0 fully saturated rings. The number of hydrogen-bond donors (Lipinski definition) is 2. The summed E-state index contributed by atoms with van der Waals surface area (Å²) in [6.45, 7) is 1.35. The van der Waals surface area contributed by atoms with E-state index >= 15 is 0 Å². The Morgan fingerprint density at radius 3 is 2.43 bits per heavy atom. The highest BCUT2D eigenvalue weighted by molar-refractivity contribution is 7.92. The van der Waals surface area contributed by atoms with Crippen molar-refractivity contribution >= 4 is 38.9 Å². The first-order valence-corrected chi connectivity index (χ1v) is 10.7. The van der Waals surface area contributed by atoms with Gasteiger partial charge in [-0.25, -0.2) is 12.8 Å². The van der Waals surface area contributed by atoms with E-state index in [2.05, 4.69) is 10.0 Å². The molecule has 0 aliphatic carbocycles. The van der Waals surface area contributed by atoms with Crippen LogP contribution in [0.1, 0.15) is 5.56 Å². The van der Waals surface area contributed by atoms with Crippen molar-refractivity contribution in [3.05, 3.63) is 83.1 Å². The van der Waals surface area contributed by atoms with Crippen LogP contribution in [0.4, 0.5) is 15.8 Å². The summed E-state index contributed by atoms with van der Waals surface area (Å²) in [5.74, 6) is -0.579.